The molecule has 0 radical (unpaired) electrons. The van der Waals surface area contributed by atoms with E-state index in [2.05, 4.69) is 9.44 Å². The molecule has 4 N–H and O–H groups in total. The minimum atomic E-state index is -5.13. The average molecular weight is 498 g/mol. The van der Waals surface area contributed by atoms with Gasteiger partial charge in [0.05, 0.1) is 6.61 Å². The van der Waals surface area contributed by atoms with Gasteiger partial charge in [-0.15, -0.1) is 0 Å². The van der Waals surface area contributed by atoms with Crippen molar-refractivity contribution in [2.75, 3.05) is 6.61 Å². The number of oxime groups is 1. The Bertz CT molecular complexity index is 1010. The van der Waals surface area contributed by atoms with Crippen LogP contribution in [0.3, 0.4) is 0 Å². The van der Waals surface area contributed by atoms with Gasteiger partial charge < -0.3 is 29.7 Å². The first-order valence-corrected chi connectivity index (χ1v) is 11.1. The minimum absolute atomic E-state index is 0. The third kappa shape index (κ3) is 7.17. The summed E-state index contributed by atoms with van der Waals surface area (Å²) in [7, 11) is -5.13. The number of rotatable bonds is 6. The zero-order valence-corrected chi connectivity index (χ0v) is 21.2. The summed E-state index contributed by atoms with van der Waals surface area (Å²) in [5, 5.41) is 44.5. The third-order valence-electron chi connectivity index (χ3n) is 4.55. The normalized spacial score (nSPS) is 27.0. The van der Waals surface area contributed by atoms with Crippen molar-refractivity contribution in [2.45, 2.75) is 36.3 Å². The van der Waals surface area contributed by atoms with Crippen LogP contribution in [0.5, 0.6) is 0 Å². The second kappa shape index (κ2) is 11.8. The molecule has 1 heterocycles. The molecular formula is C18H20KNO9S2. The van der Waals surface area contributed by atoms with Gasteiger partial charge in [-0.25, -0.2) is 0 Å². The smallest absolute Gasteiger partial charge is 0.714 e. The molecule has 13 heteroatoms. The first-order valence-electron chi connectivity index (χ1n) is 8.84. The molecule has 0 amide bonds. The van der Waals surface area contributed by atoms with Crippen LogP contribution in [-0.2, 0) is 25.8 Å². The van der Waals surface area contributed by atoms with Crippen LogP contribution in [0.1, 0.15) is 5.56 Å². The molecule has 0 bridgehead atoms. The van der Waals surface area contributed by atoms with E-state index in [-0.39, 0.29) is 62.8 Å². The van der Waals surface area contributed by atoms with E-state index in [1.165, 1.54) is 0 Å². The van der Waals surface area contributed by atoms with Gasteiger partial charge in [0.25, 0.3) is 10.4 Å². The van der Waals surface area contributed by atoms with Crippen LogP contribution in [0.4, 0.5) is 0 Å². The quantitative estimate of drug-likeness (QED) is 0.0792. The first kappa shape index (κ1) is 27.1. The fraction of sp³-hybridized carbons (Fsp3) is 0.389. The number of benzene rings is 2. The Labute approximate surface area is 225 Å². The predicted molar refractivity (Wildman–Crippen MR) is 107 cm³/mol. The van der Waals surface area contributed by atoms with Crippen molar-refractivity contribution >= 4 is 38.0 Å². The monoisotopic (exact) mass is 497 g/mol. The number of hydrogen-bond acceptors (Lipinski definition) is 11. The average Bonchev–Trinajstić information content (AvgIpc) is 2.72. The molecular weight excluding hydrogens is 477 g/mol. The third-order valence-corrected chi connectivity index (χ3v) is 5.92. The van der Waals surface area contributed by atoms with E-state index in [1.54, 1.807) is 12.1 Å². The van der Waals surface area contributed by atoms with Crippen molar-refractivity contribution in [1.82, 2.24) is 0 Å². The summed E-state index contributed by atoms with van der Waals surface area (Å²) >= 11 is 0.710. The molecule has 10 nitrogen and oxygen atoms in total. The van der Waals surface area contributed by atoms with Crippen molar-refractivity contribution in [3.8, 4) is 0 Å². The Balaban J connectivity index is 0.00000341. The zero-order chi connectivity index (χ0) is 21.9. The number of fused-ring (bicyclic) bond motifs is 1. The maximum Gasteiger partial charge on any atom is 1.00 e. The summed E-state index contributed by atoms with van der Waals surface area (Å²) in [6, 6.07) is 12.9. The molecule has 2 aromatic carbocycles. The summed E-state index contributed by atoms with van der Waals surface area (Å²) in [4.78, 5) is 0. The van der Waals surface area contributed by atoms with E-state index < -0.39 is 46.9 Å². The van der Waals surface area contributed by atoms with E-state index in [1.807, 2.05) is 30.3 Å². The van der Waals surface area contributed by atoms with Gasteiger partial charge in [0.2, 0.25) is 0 Å². The molecule has 1 fully saturated rings. The molecule has 0 spiro atoms. The first-order chi connectivity index (χ1) is 14.2. The van der Waals surface area contributed by atoms with Gasteiger partial charge in [-0.2, -0.15) is 8.42 Å². The van der Waals surface area contributed by atoms with E-state index in [0.29, 0.717) is 11.8 Å². The van der Waals surface area contributed by atoms with E-state index >= 15 is 0 Å². The maximum absolute atomic E-state index is 10.9. The molecule has 1 aliphatic heterocycles. The standard InChI is InChI=1S/C18H21NO9S2.K/c20-9-13-15(21)16(22)17(23)18(27-13)29-14(19-28-30(24,25)26)8-11-6-3-5-10-4-1-2-7-12(10)11;/h1-7,13,15-18,20-23H,8-9H2,(H,24,25,26);/q;+1/p-1/b19-14-;/t13-,15-,16+,17-,18+;/m1./s1. The maximum atomic E-state index is 10.9. The van der Waals surface area contributed by atoms with Crippen molar-refractivity contribution < 1.29 is 93.8 Å². The molecule has 1 aliphatic rings. The molecule has 0 aliphatic carbocycles. The number of aliphatic hydroxyl groups is 4. The van der Waals surface area contributed by atoms with Crippen LogP contribution in [0, 0.1) is 0 Å². The van der Waals surface area contributed by atoms with Crippen molar-refractivity contribution in [3.63, 3.8) is 0 Å². The van der Waals surface area contributed by atoms with Gasteiger partial charge in [0.15, 0.2) is 0 Å². The molecule has 2 aromatic rings. The van der Waals surface area contributed by atoms with Gasteiger partial charge in [0, 0.05) is 6.42 Å². The van der Waals surface area contributed by atoms with Crippen LogP contribution >= 0.6 is 11.8 Å². The van der Waals surface area contributed by atoms with Crippen LogP contribution < -0.4 is 51.4 Å². The molecule has 164 valence electrons. The molecule has 0 unspecified atom stereocenters. The number of nitrogens with zero attached hydrogens (tertiary/aromatic N) is 1. The fourth-order valence-corrected chi connectivity index (χ4v) is 4.41. The van der Waals surface area contributed by atoms with E-state index in [4.69, 9.17) is 4.74 Å². The molecule has 3 rings (SSSR count). The van der Waals surface area contributed by atoms with Gasteiger partial charge in [-0.1, -0.05) is 59.4 Å². The van der Waals surface area contributed by atoms with Crippen LogP contribution in [-0.4, -0.2) is 74.9 Å². The van der Waals surface area contributed by atoms with Crippen LogP contribution in [0.15, 0.2) is 47.6 Å². The molecule has 0 aromatic heterocycles. The zero-order valence-electron chi connectivity index (χ0n) is 16.4. The Morgan fingerprint density at radius 2 is 1.77 bits per heavy atom. The van der Waals surface area contributed by atoms with E-state index in [9.17, 15) is 33.4 Å². The topological polar surface area (TPSA) is 169 Å². The summed E-state index contributed by atoms with van der Waals surface area (Å²) in [6.45, 7) is -0.622. The van der Waals surface area contributed by atoms with Gasteiger partial charge in [-0.3, -0.25) is 4.28 Å². The Hall–Kier alpha value is -0.134. The van der Waals surface area contributed by atoms with Crippen molar-refractivity contribution in [3.05, 3.63) is 48.0 Å². The molecule has 31 heavy (non-hydrogen) atoms. The number of aliphatic hydroxyl groups excluding tert-OH is 4. The predicted octanol–water partition coefficient (Wildman–Crippen LogP) is -3.29. The van der Waals surface area contributed by atoms with Crippen molar-refractivity contribution in [1.29, 1.82) is 0 Å². The van der Waals surface area contributed by atoms with Gasteiger partial charge in [0.1, 0.15) is 34.9 Å². The molecule has 0 saturated carbocycles. The summed E-state index contributed by atoms with van der Waals surface area (Å²) in [5.74, 6) is 0. The Morgan fingerprint density at radius 1 is 1.10 bits per heavy atom. The summed E-state index contributed by atoms with van der Waals surface area (Å²) in [5.41, 5.74) is -0.483. The van der Waals surface area contributed by atoms with E-state index in [0.717, 1.165) is 16.3 Å². The SMILES string of the molecule is O=S(=O)([O-])O/N=C(/Cc1cccc2ccccc12)S[C@@H]1O[C@H](CO)[C@@H](O)[C@H](O)[C@H]1O.[K+]. The second-order valence-corrected chi connectivity index (χ2v) is 8.74. The summed E-state index contributed by atoms with van der Waals surface area (Å²) < 4.78 is 42.1. The van der Waals surface area contributed by atoms with Gasteiger partial charge >= 0.3 is 51.4 Å². The second-order valence-electron chi connectivity index (χ2n) is 6.60. The largest absolute Gasteiger partial charge is 1.00 e. The Kier molecular flexibility index (Phi) is 10.3. The number of thioether (sulfide) groups is 1. The molecule has 5 atom stereocenters. The Morgan fingerprint density at radius 3 is 2.45 bits per heavy atom. The fourth-order valence-electron chi connectivity index (χ4n) is 3.09. The van der Waals surface area contributed by atoms with Crippen LogP contribution in [0.25, 0.3) is 10.8 Å². The summed E-state index contributed by atoms with van der Waals surface area (Å²) in [6.07, 6.45) is -5.86. The minimum Gasteiger partial charge on any atom is -0.714 e. The number of hydrogen-bond donors (Lipinski definition) is 4. The molecule has 1 saturated heterocycles. The van der Waals surface area contributed by atoms with Crippen LogP contribution in [0.2, 0.25) is 0 Å². The van der Waals surface area contributed by atoms with Gasteiger partial charge in [-0.05, 0) is 16.3 Å². The van der Waals surface area contributed by atoms with Crippen molar-refractivity contribution in [2.24, 2.45) is 5.16 Å². The number of ether oxygens (including phenoxy) is 1.